The first-order valence-corrected chi connectivity index (χ1v) is 3.77. The molecule has 0 aliphatic carbocycles. The van der Waals surface area contributed by atoms with Crippen molar-refractivity contribution in [3.8, 4) is 5.75 Å². The highest BCUT2D eigenvalue weighted by atomic mass is 19.1. The van der Waals surface area contributed by atoms with Gasteiger partial charge in [-0.05, 0) is 12.1 Å². The average molecular weight is 168 g/mol. The Balaban J connectivity index is 2.45. The van der Waals surface area contributed by atoms with Gasteiger partial charge in [0, 0.05) is 0 Å². The van der Waals surface area contributed by atoms with Crippen molar-refractivity contribution in [2.45, 2.75) is 6.10 Å². The van der Waals surface area contributed by atoms with Crippen LogP contribution in [0.1, 0.15) is 11.7 Å². The van der Waals surface area contributed by atoms with Crippen LogP contribution in [-0.4, -0.2) is 13.7 Å². The molecule has 0 saturated carbocycles. The zero-order valence-electron chi connectivity index (χ0n) is 6.71. The maximum Gasteiger partial charge on any atom is 0.132 e. The molecule has 2 rings (SSSR count). The Morgan fingerprint density at radius 2 is 2.33 bits per heavy atom. The Kier molecular flexibility index (Phi) is 1.73. The lowest BCUT2D eigenvalue weighted by atomic mass is 10.1. The summed E-state index contributed by atoms with van der Waals surface area (Å²) in [5, 5.41) is 0. The molecule has 64 valence electrons. The zero-order valence-corrected chi connectivity index (χ0v) is 6.71. The summed E-state index contributed by atoms with van der Waals surface area (Å²) in [7, 11) is 1.53. The number of hydrogen-bond donors (Lipinski definition) is 0. The summed E-state index contributed by atoms with van der Waals surface area (Å²) in [4.78, 5) is 0. The maximum atomic E-state index is 13.2. The lowest BCUT2D eigenvalue weighted by molar-refractivity contribution is 0.374. The Morgan fingerprint density at radius 1 is 1.58 bits per heavy atom. The van der Waals surface area contributed by atoms with E-state index in [1.165, 1.54) is 13.2 Å². The summed E-state index contributed by atoms with van der Waals surface area (Å²) in [6.45, 7) is 0.595. The number of ether oxygens (including phenoxy) is 2. The summed E-state index contributed by atoms with van der Waals surface area (Å²) >= 11 is 0. The van der Waals surface area contributed by atoms with Crippen LogP contribution >= 0.6 is 0 Å². The number of rotatable bonds is 2. The van der Waals surface area contributed by atoms with E-state index in [0.717, 1.165) is 0 Å². The van der Waals surface area contributed by atoms with Crippen LogP contribution in [0.5, 0.6) is 5.75 Å². The summed E-state index contributed by atoms with van der Waals surface area (Å²) in [6.07, 6.45) is -0.0962. The van der Waals surface area contributed by atoms with Crippen LogP contribution in [0.25, 0.3) is 0 Å². The van der Waals surface area contributed by atoms with Crippen molar-refractivity contribution in [3.63, 3.8) is 0 Å². The molecule has 0 aromatic heterocycles. The Morgan fingerprint density at radius 3 is 2.92 bits per heavy atom. The van der Waals surface area contributed by atoms with Gasteiger partial charge in [-0.2, -0.15) is 0 Å². The second-order valence-corrected chi connectivity index (χ2v) is 2.68. The molecule has 1 heterocycles. The van der Waals surface area contributed by atoms with Crippen LogP contribution in [0.15, 0.2) is 18.2 Å². The van der Waals surface area contributed by atoms with E-state index in [0.29, 0.717) is 17.9 Å². The van der Waals surface area contributed by atoms with Gasteiger partial charge in [0.25, 0.3) is 0 Å². The Hall–Kier alpha value is -1.09. The van der Waals surface area contributed by atoms with E-state index in [9.17, 15) is 4.39 Å². The molecule has 1 fully saturated rings. The van der Waals surface area contributed by atoms with Crippen molar-refractivity contribution < 1.29 is 13.9 Å². The smallest absolute Gasteiger partial charge is 0.132 e. The molecule has 1 aliphatic rings. The van der Waals surface area contributed by atoms with Gasteiger partial charge in [-0.1, -0.05) is 6.07 Å². The molecule has 1 aromatic carbocycles. The number of epoxide rings is 1. The summed E-state index contributed by atoms with van der Waals surface area (Å²) in [5.41, 5.74) is 0.542. The van der Waals surface area contributed by atoms with Gasteiger partial charge in [-0.3, -0.25) is 0 Å². The summed E-state index contributed by atoms with van der Waals surface area (Å²) in [6, 6.07) is 4.78. The molecular formula is C9H9FO2. The second kappa shape index (κ2) is 2.75. The minimum atomic E-state index is -0.253. The van der Waals surface area contributed by atoms with Crippen molar-refractivity contribution in [1.29, 1.82) is 0 Å². The minimum Gasteiger partial charge on any atom is -0.496 e. The maximum absolute atomic E-state index is 13.2. The molecule has 0 N–H and O–H groups in total. The molecule has 12 heavy (non-hydrogen) atoms. The Labute approximate surface area is 69.9 Å². The summed E-state index contributed by atoms with van der Waals surface area (Å²) in [5.74, 6) is 0.314. The van der Waals surface area contributed by atoms with Crippen molar-refractivity contribution in [2.24, 2.45) is 0 Å². The van der Waals surface area contributed by atoms with Gasteiger partial charge in [0.2, 0.25) is 0 Å². The molecule has 0 radical (unpaired) electrons. The highest BCUT2D eigenvalue weighted by Gasteiger charge is 2.30. The van der Waals surface area contributed by atoms with Gasteiger partial charge >= 0.3 is 0 Å². The first-order chi connectivity index (χ1) is 5.83. The SMILES string of the molecule is COc1cccc(F)c1C1CO1. The van der Waals surface area contributed by atoms with E-state index < -0.39 is 0 Å². The highest BCUT2D eigenvalue weighted by Crippen LogP contribution is 2.37. The fraction of sp³-hybridized carbons (Fsp3) is 0.333. The predicted molar refractivity (Wildman–Crippen MR) is 41.6 cm³/mol. The largest absolute Gasteiger partial charge is 0.496 e. The minimum absolute atomic E-state index is 0.0962. The molecule has 1 atom stereocenters. The van der Waals surface area contributed by atoms with Gasteiger partial charge in [0.1, 0.15) is 17.7 Å². The van der Waals surface area contributed by atoms with Crippen molar-refractivity contribution in [1.82, 2.24) is 0 Å². The molecule has 1 aromatic rings. The quantitative estimate of drug-likeness (QED) is 0.629. The van der Waals surface area contributed by atoms with E-state index in [1.54, 1.807) is 12.1 Å². The lowest BCUT2D eigenvalue weighted by Gasteiger charge is -2.05. The van der Waals surface area contributed by atoms with Crippen LogP contribution in [0, 0.1) is 5.82 Å². The topological polar surface area (TPSA) is 21.8 Å². The summed E-state index contributed by atoms with van der Waals surface area (Å²) < 4.78 is 23.2. The van der Waals surface area contributed by atoms with E-state index in [1.807, 2.05) is 0 Å². The van der Waals surface area contributed by atoms with Crippen LogP contribution in [0.2, 0.25) is 0 Å². The molecule has 0 spiro atoms. The normalized spacial score (nSPS) is 20.7. The van der Waals surface area contributed by atoms with E-state index >= 15 is 0 Å². The lowest BCUT2D eigenvalue weighted by Crippen LogP contribution is -1.94. The van der Waals surface area contributed by atoms with Crippen molar-refractivity contribution in [2.75, 3.05) is 13.7 Å². The zero-order chi connectivity index (χ0) is 8.55. The highest BCUT2D eigenvalue weighted by molar-refractivity contribution is 5.37. The molecule has 1 aliphatic heterocycles. The second-order valence-electron chi connectivity index (χ2n) is 2.68. The molecule has 1 saturated heterocycles. The molecule has 1 unspecified atom stereocenters. The first-order valence-electron chi connectivity index (χ1n) is 3.77. The molecule has 3 heteroatoms. The third kappa shape index (κ3) is 1.16. The molecule has 0 bridgehead atoms. The van der Waals surface area contributed by atoms with Crippen LogP contribution in [0.3, 0.4) is 0 Å². The molecular weight excluding hydrogens is 159 g/mol. The van der Waals surface area contributed by atoms with Crippen LogP contribution < -0.4 is 4.74 Å². The fourth-order valence-corrected chi connectivity index (χ4v) is 1.22. The number of hydrogen-bond acceptors (Lipinski definition) is 2. The Bertz CT molecular complexity index is 295. The molecule has 0 amide bonds. The third-order valence-electron chi connectivity index (χ3n) is 1.89. The van der Waals surface area contributed by atoms with Gasteiger partial charge in [-0.15, -0.1) is 0 Å². The molecule has 2 nitrogen and oxygen atoms in total. The third-order valence-corrected chi connectivity index (χ3v) is 1.89. The fourth-order valence-electron chi connectivity index (χ4n) is 1.22. The number of methoxy groups -OCH3 is 1. The van der Waals surface area contributed by atoms with Crippen LogP contribution in [0.4, 0.5) is 4.39 Å². The van der Waals surface area contributed by atoms with E-state index in [-0.39, 0.29) is 11.9 Å². The number of halogens is 1. The van der Waals surface area contributed by atoms with E-state index in [4.69, 9.17) is 9.47 Å². The van der Waals surface area contributed by atoms with Crippen molar-refractivity contribution >= 4 is 0 Å². The van der Waals surface area contributed by atoms with Gasteiger partial charge in [0.15, 0.2) is 0 Å². The number of benzene rings is 1. The standard InChI is InChI=1S/C9H9FO2/c1-11-7-4-2-3-6(10)9(7)8-5-12-8/h2-4,8H,5H2,1H3. The predicted octanol–water partition coefficient (Wildman–Crippen LogP) is 1.91. The van der Waals surface area contributed by atoms with Gasteiger partial charge in [0.05, 0.1) is 19.3 Å². The van der Waals surface area contributed by atoms with E-state index in [2.05, 4.69) is 0 Å². The van der Waals surface area contributed by atoms with Crippen molar-refractivity contribution in [3.05, 3.63) is 29.6 Å². The van der Waals surface area contributed by atoms with Gasteiger partial charge < -0.3 is 9.47 Å². The van der Waals surface area contributed by atoms with Crippen LogP contribution in [-0.2, 0) is 4.74 Å². The monoisotopic (exact) mass is 168 g/mol. The van der Waals surface area contributed by atoms with Gasteiger partial charge in [-0.25, -0.2) is 4.39 Å². The average Bonchev–Trinajstić information content (AvgIpc) is 2.87. The first kappa shape index (κ1) is 7.55.